The number of nitrogens with zero attached hydrogens (tertiary/aromatic N) is 3. The molecule has 10 nitrogen and oxygen atoms in total. The highest BCUT2D eigenvalue weighted by Crippen LogP contribution is 2.40. The van der Waals surface area contributed by atoms with Crippen LogP contribution in [0.15, 0.2) is 42.5 Å². The van der Waals surface area contributed by atoms with Gasteiger partial charge in [0.05, 0.1) is 32.7 Å². The molecule has 0 aromatic heterocycles. The number of ether oxygens (including phenoxy) is 3. The van der Waals surface area contributed by atoms with Crippen LogP contribution in [0.3, 0.4) is 0 Å². The van der Waals surface area contributed by atoms with Gasteiger partial charge in [-0.3, -0.25) is 19.2 Å². The summed E-state index contributed by atoms with van der Waals surface area (Å²) in [7, 11) is 1.58. The number of amides is 3. The van der Waals surface area contributed by atoms with E-state index >= 15 is 0 Å². The van der Waals surface area contributed by atoms with Crippen LogP contribution in [0.5, 0.6) is 5.75 Å². The van der Waals surface area contributed by atoms with E-state index in [9.17, 15) is 19.2 Å². The van der Waals surface area contributed by atoms with E-state index in [0.717, 1.165) is 5.56 Å². The summed E-state index contributed by atoms with van der Waals surface area (Å²) in [6.07, 6.45) is 0.265. The third-order valence-corrected chi connectivity index (χ3v) is 8.23. The lowest BCUT2D eigenvalue weighted by atomic mass is 9.93. The number of esters is 1. The second-order valence-corrected chi connectivity index (χ2v) is 13.1. The van der Waals surface area contributed by atoms with Crippen molar-refractivity contribution in [3.05, 3.63) is 58.6 Å². The molecule has 1 atom stereocenters. The lowest BCUT2D eigenvalue weighted by Gasteiger charge is -2.35. The topological polar surface area (TPSA) is 106 Å². The van der Waals surface area contributed by atoms with Crippen LogP contribution in [-0.2, 0) is 28.7 Å². The summed E-state index contributed by atoms with van der Waals surface area (Å²) in [6.45, 7) is 8.79. The number of hydrogen-bond acceptors (Lipinski definition) is 7. The SMILES string of the molecule is CCOC(=O)C1CCN(C(=O)CN2CC(=O)N(CC(C)(C)C)c3ccc(Cl)cc3C(c3ccccc3OC)OCCC2=O)CC1. The number of carbonyl (C=O) groups is 4. The second kappa shape index (κ2) is 15.1. The molecule has 244 valence electrons. The number of hydrogen-bond donors (Lipinski definition) is 0. The number of benzene rings is 2. The van der Waals surface area contributed by atoms with Gasteiger partial charge in [-0.15, -0.1) is 0 Å². The fourth-order valence-corrected chi connectivity index (χ4v) is 5.96. The second-order valence-electron chi connectivity index (χ2n) is 12.6. The van der Waals surface area contributed by atoms with Crippen molar-refractivity contribution >= 4 is 41.0 Å². The molecule has 0 saturated carbocycles. The Morgan fingerprint density at radius 3 is 2.40 bits per heavy atom. The summed E-state index contributed by atoms with van der Waals surface area (Å²) >= 11 is 6.52. The Balaban J connectivity index is 1.66. The maximum atomic E-state index is 14.2. The quantitative estimate of drug-likeness (QED) is 0.397. The molecule has 0 radical (unpaired) electrons. The summed E-state index contributed by atoms with van der Waals surface area (Å²) < 4.78 is 17.2. The predicted octanol–water partition coefficient (Wildman–Crippen LogP) is 4.87. The number of anilines is 1. The van der Waals surface area contributed by atoms with Crippen molar-refractivity contribution in [3.8, 4) is 5.75 Å². The number of carbonyl (C=O) groups excluding carboxylic acids is 4. The Morgan fingerprint density at radius 1 is 1.02 bits per heavy atom. The van der Waals surface area contributed by atoms with Crippen LogP contribution in [0.1, 0.15) is 64.2 Å². The molecule has 2 aliphatic heterocycles. The average Bonchev–Trinajstić information content (AvgIpc) is 3.02. The summed E-state index contributed by atoms with van der Waals surface area (Å²) in [6, 6.07) is 12.8. The fraction of sp³-hybridized carbons (Fsp3) is 0.529. The molecule has 45 heavy (non-hydrogen) atoms. The molecule has 2 heterocycles. The van der Waals surface area contributed by atoms with Crippen molar-refractivity contribution in [2.45, 2.75) is 53.1 Å². The van der Waals surface area contributed by atoms with E-state index in [4.69, 9.17) is 25.8 Å². The number of piperidine rings is 1. The van der Waals surface area contributed by atoms with Crippen molar-refractivity contribution in [1.29, 1.82) is 0 Å². The minimum Gasteiger partial charge on any atom is -0.496 e. The van der Waals surface area contributed by atoms with Crippen LogP contribution in [0.2, 0.25) is 5.02 Å². The van der Waals surface area contributed by atoms with E-state index in [0.29, 0.717) is 61.1 Å². The van der Waals surface area contributed by atoms with Gasteiger partial charge in [0, 0.05) is 41.5 Å². The Kier molecular flexibility index (Phi) is 11.5. The van der Waals surface area contributed by atoms with Gasteiger partial charge in [-0.25, -0.2) is 0 Å². The third kappa shape index (κ3) is 8.76. The molecule has 3 amide bonds. The van der Waals surface area contributed by atoms with E-state index in [-0.39, 0.29) is 61.1 Å². The van der Waals surface area contributed by atoms with Gasteiger partial charge in [0.25, 0.3) is 0 Å². The lowest BCUT2D eigenvalue weighted by Crippen LogP contribution is -2.50. The molecule has 0 aliphatic carbocycles. The molecule has 0 N–H and O–H groups in total. The molecular formula is C34H44ClN3O7. The van der Waals surface area contributed by atoms with E-state index in [1.165, 1.54) is 4.90 Å². The molecule has 1 fully saturated rings. The highest BCUT2D eigenvalue weighted by Gasteiger charge is 2.34. The van der Waals surface area contributed by atoms with E-state index in [1.54, 1.807) is 42.0 Å². The molecule has 1 unspecified atom stereocenters. The zero-order chi connectivity index (χ0) is 32.7. The van der Waals surface area contributed by atoms with Gasteiger partial charge >= 0.3 is 5.97 Å². The van der Waals surface area contributed by atoms with Crippen molar-refractivity contribution in [2.24, 2.45) is 11.3 Å². The van der Waals surface area contributed by atoms with Crippen LogP contribution in [0.4, 0.5) is 5.69 Å². The van der Waals surface area contributed by atoms with Gasteiger partial charge < -0.3 is 28.9 Å². The summed E-state index contributed by atoms with van der Waals surface area (Å²) in [5.41, 5.74) is 1.71. The Labute approximate surface area is 270 Å². The van der Waals surface area contributed by atoms with Crippen molar-refractivity contribution in [2.75, 3.05) is 57.9 Å². The van der Waals surface area contributed by atoms with Gasteiger partial charge in [-0.05, 0) is 49.4 Å². The molecule has 11 heteroatoms. The zero-order valence-corrected chi connectivity index (χ0v) is 27.6. The monoisotopic (exact) mass is 641 g/mol. The molecule has 1 saturated heterocycles. The number of rotatable bonds is 7. The average molecular weight is 642 g/mol. The van der Waals surface area contributed by atoms with Gasteiger partial charge in [0.15, 0.2) is 0 Å². The summed E-state index contributed by atoms with van der Waals surface area (Å²) in [4.78, 5) is 58.0. The van der Waals surface area contributed by atoms with Crippen molar-refractivity contribution in [1.82, 2.24) is 9.80 Å². The molecule has 2 aliphatic rings. The molecule has 0 bridgehead atoms. The minimum atomic E-state index is -0.688. The fourth-order valence-electron chi connectivity index (χ4n) is 5.78. The van der Waals surface area contributed by atoms with Gasteiger partial charge in [0.2, 0.25) is 17.7 Å². The third-order valence-electron chi connectivity index (χ3n) is 7.99. The first kappa shape index (κ1) is 34.2. The zero-order valence-electron chi connectivity index (χ0n) is 26.8. The van der Waals surface area contributed by atoms with Crippen molar-refractivity contribution in [3.63, 3.8) is 0 Å². The first-order valence-corrected chi connectivity index (χ1v) is 15.9. The number of likely N-dealkylation sites (tertiary alicyclic amines) is 1. The van der Waals surface area contributed by atoms with E-state index < -0.39 is 6.10 Å². The standard InChI is InChI=1S/C34H44ClN3O7/c1-6-44-33(42)23-13-16-36(17-14-23)30(40)20-37-21-31(41)38(22-34(2,3)4)27-12-11-24(35)19-26(27)32(45-18-15-29(37)39)25-9-7-8-10-28(25)43-5/h7-12,19,23,32H,6,13-18,20-22H2,1-5H3. The number of para-hydroxylation sites is 1. The van der Waals surface area contributed by atoms with Crippen LogP contribution < -0.4 is 9.64 Å². The molecule has 2 aromatic rings. The molecule has 0 spiro atoms. The summed E-state index contributed by atoms with van der Waals surface area (Å²) in [5.74, 6) is -0.849. The van der Waals surface area contributed by atoms with E-state index in [1.807, 2.05) is 45.0 Å². The highest BCUT2D eigenvalue weighted by molar-refractivity contribution is 6.30. The Bertz CT molecular complexity index is 1380. The number of fused-ring (bicyclic) bond motifs is 1. The normalized spacial score (nSPS) is 18.7. The largest absolute Gasteiger partial charge is 0.496 e. The molecule has 2 aromatic carbocycles. The molecule has 4 rings (SSSR count). The van der Waals surface area contributed by atoms with Gasteiger partial charge in [0.1, 0.15) is 24.9 Å². The Hall–Kier alpha value is -3.63. The van der Waals surface area contributed by atoms with Crippen LogP contribution in [0.25, 0.3) is 0 Å². The van der Waals surface area contributed by atoms with Crippen LogP contribution in [0, 0.1) is 11.3 Å². The Morgan fingerprint density at radius 2 is 1.73 bits per heavy atom. The van der Waals surface area contributed by atoms with Gasteiger partial charge in [-0.1, -0.05) is 50.6 Å². The van der Waals surface area contributed by atoms with Gasteiger partial charge in [-0.2, -0.15) is 0 Å². The maximum absolute atomic E-state index is 14.2. The minimum absolute atomic E-state index is 0.0354. The molecular weight excluding hydrogens is 598 g/mol. The first-order valence-electron chi connectivity index (χ1n) is 15.5. The van der Waals surface area contributed by atoms with Crippen LogP contribution in [-0.4, -0.2) is 86.5 Å². The van der Waals surface area contributed by atoms with Crippen molar-refractivity contribution < 1.29 is 33.4 Å². The lowest BCUT2D eigenvalue weighted by molar-refractivity contribution is -0.151. The first-order chi connectivity index (χ1) is 21.4. The predicted molar refractivity (Wildman–Crippen MR) is 171 cm³/mol. The van der Waals surface area contributed by atoms with Crippen LogP contribution >= 0.6 is 11.6 Å². The maximum Gasteiger partial charge on any atom is 0.309 e. The van der Waals surface area contributed by atoms with E-state index in [2.05, 4.69) is 0 Å². The number of methoxy groups -OCH3 is 1. The smallest absolute Gasteiger partial charge is 0.309 e. The number of halogens is 1. The highest BCUT2D eigenvalue weighted by atomic mass is 35.5. The summed E-state index contributed by atoms with van der Waals surface area (Å²) in [5, 5.41) is 0.477.